The maximum absolute atomic E-state index is 4.75. The third-order valence-electron chi connectivity index (χ3n) is 3.59. The summed E-state index contributed by atoms with van der Waals surface area (Å²) in [5.41, 5.74) is 3.96. The van der Waals surface area contributed by atoms with Crippen LogP contribution in [0.4, 0.5) is 0 Å². The molecule has 0 spiro atoms. The highest BCUT2D eigenvalue weighted by molar-refractivity contribution is 7.13. The van der Waals surface area contributed by atoms with Gasteiger partial charge in [-0.2, -0.15) is 0 Å². The minimum atomic E-state index is 0.867. The van der Waals surface area contributed by atoms with Crippen LogP contribution in [0.5, 0.6) is 0 Å². The number of para-hydroxylation sites is 2. The molecule has 0 radical (unpaired) electrons. The van der Waals surface area contributed by atoms with E-state index in [0.29, 0.717) is 0 Å². The molecule has 0 aliphatic rings. The van der Waals surface area contributed by atoms with E-state index in [0.717, 1.165) is 39.8 Å². The molecule has 0 aliphatic heterocycles. The van der Waals surface area contributed by atoms with Crippen molar-refractivity contribution >= 4 is 22.4 Å². The van der Waals surface area contributed by atoms with Crippen molar-refractivity contribution in [1.29, 1.82) is 0 Å². The number of aromatic nitrogens is 4. The zero-order chi connectivity index (χ0) is 14.9. The molecule has 108 valence electrons. The third-order valence-corrected chi connectivity index (χ3v) is 4.45. The van der Waals surface area contributed by atoms with Crippen molar-refractivity contribution in [3.05, 3.63) is 54.0 Å². The number of thiazole rings is 1. The summed E-state index contributed by atoms with van der Waals surface area (Å²) in [4.78, 5) is 13.8. The molecular formula is C17H14N4S. The molecule has 4 rings (SSSR count). The normalized spacial score (nSPS) is 11.1. The van der Waals surface area contributed by atoms with Crippen LogP contribution in [0.15, 0.2) is 54.0 Å². The Morgan fingerprint density at radius 1 is 1.00 bits per heavy atom. The molecule has 0 amide bonds. The van der Waals surface area contributed by atoms with E-state index >= 15 is 0 Å². The summed E-state index contributed by atoms with van der Waals surface area (Å²) in [5.74, 6) is 0.919. The van der Waals surface area contributed by atoms with E-state index in [1.165, 1.54) is 0 Å². The lowest BCUT2D eigenvalue weighted by atomic mass is 10.3. The molecule has 4 nitrogen and oxygen atoms in total. The minimum Gasteiger partial charge on any atom is -0.323 e. The molecule has 0 bridgehead atoms. The lowest BCUT2D eigenvalue weighted by molar-refractivity contribution is 0.794. The highest BCUT2D eigenvalue weighted by Gasteiger charge is 2.15. The largest absolute Gasteiger partial charge is 0.323 e. The second-order valence-corrected chi connectivity index (χ2v) is 5.78. The number of pyridine rings is 1. The standard InChI is InChI=1S/C17H14N4S/c1-2-21-15-9-4-3-7-12(15)19-16(21)14-11-22-17(20-14)13-8-5-6-10-18-13/h3-11H,2H2,1H3. The van der Waals surface area contributed by atoms with E-state index in [1.807, 2.05) is 36.4 Å². The summed E-state index contributed by atoms with van der Waals surface area (Å²) in [5, 5.41) is 2.97. The van der Waals surface area contributed by atoms with Gasteiger partial charge < -0.3 is 4.57 Å². The lowest BCUT2D eigenvalue weighted by Gasteiger charge is -2.03. The fourth-order valence-electron chi connectivity index (χ4n) is 2.57. The van der Waals surface area contributed by atoms with Gasteiger partial charge in [0.15, 0.2) is 5.82 Å². The predicted molar refractivity (Wildman–Crippen MR) is 89.7 cm³/mol. The van der Waals surface area contributed by atoms with Crippen LogP contribution in [0.25, 0.3) is 33.3 Å². The van der Waals surface area contributed by atoms with E-state index in [2.05, 4.69) is 27.9 Å². The average molecular weight is 306 g/mol. The number of hydrogen-bond donors (Lipinski definition) is 0. The molecule has 0 aliphatic carbocycles. The van der Waals surface area contributed by atoms with Crippen LogP contribution in [0, 0.1) is 0 Å². The molecule has 1 aromatic carbocycles. The number of nitrogens with zero attached hydrogens (tertiary/aromatic N) is 4. The second kappa shape index (κ2) is 5.35. The Balaban J connectivity index is 1.84. The summed E-state index contributed by atoms with van der Waals surface area (Å²) >= 11 is 1.60. The molecule has 0 unspecified atom stereocenters. The number of fused-ring (bicyclic) bond motifs is 1. The summed E-state index contributed by atoms with van der Waals surface area (Å²) in [6.45, 7) is 3.00. The van der Waals surface area contributed by atoms with Crippen molar-refractivity contribution in [3.63, 3.8) is 0 Å². The number of benzene rings is 1. The Morgan fingerprint density at radius 3 is 2.68 bits per heavy atom. The van der Waals surface area contributed by atoms with Crippen LogP contribution in [0.1, 0.15) is 6.92 Å². The van der Waals surface area contributed by atoms with Crippen LogP contribution < -0.4 is 0 Å². The fourth-order valence-corrected chi connectivity index (χ4v) is 3.35. The molecule has 3 heterocycles. The van der Waals surface area contributed by atoms with E-state index in [4.69, 9.17) is 9.97 Å². The Labute approximate surface area is 132 Å². The first-order valence-electron chi connectivity index (χ1n) is 7.19. The van der Waals surface area contributed by atoms with Crippen molar-refractivity contribution in [2.75, 3.05) is 0 Å². The number of hydrogen-bond acceptors (Lipinski definition) is 4. The van der Waals surface area contributed by atoms with Crippen molar-refractivity contribution in [2.24, 2.45) is 0 Å². The Bertz CT molecular complexity index is 924. The maximum Gasteiger partial charge on any atom is 0.160 e. The van der Waals surface area contributed by atoms with Crippen molar-refractivity contribution in [1.82, 2.24) is 19.5 Å². The zero-order valence-electron chi connectivity index (χ0n) is 12.1. The van der Waals surface area contributed by atoms with Crippen LogP contribution in [-0.2, 0) is 6.54 Å². The third kappa shape index (κ3) is 2.10. The number of aryl methyl sites for hydroxylation is 1. The molecule has 4 aromatic rings. The zero-order valence-corrected chi connectivity index (χ0v) is 12.9. The quantitative estimate of drug-likeness (QED) is 0.568. The minimum absolute atomic E-state index is 0.867. The van der Waals surface area contributed by atoms with Gasteiger partial charge in [-0.3, -0.25) is 4.98 Å². The van der Waals surface area contributed by atoms with Crippen LogP contribution in [0.2, 0.25) is 0 Å². The van der Waals surface area contributed by atoms with Crippen LogP contribution in [0.3, 0.4) is 0 Å². The summed E-state index contributed by atoms with van der Waals surface area (Å²) < 4.78 is 2.20. The molecular weight excluding hydrogens is 292 g/mol. The Hall–Kier alpha value is -2.53. The number of imidazole rings is 1. The predicted octanol–water partition coefficient (Wildman–Crippen LogP) is 4.24. The summed E-state index contributed by atoms with van der Waals surface area (Å²) in [7, 11) is 0. The van der Waals surface area contributed by atoms with Crippen LogP contribution in [-0.4, -0.2) is 19.5 Å². The van der Waals surface area contributed by atoms with Gasteiger partial charge in [-0.05, 0) is 31.2 Å². The van der Waals surface area contributed by atoms with Crippen molar-refractivity contribution in [3.8, 4) is 22.2 Å². The maximum atomic E-state index is 4.75. The van der Waals surface area contributed by atoms with Gasteiger partial charge in [-0.25, -0.2) is 9.97 Å². The SMILES string of the molecule is CCn1c(-c2csc(-c3ccccn3)n2)nc2ccccc21. The van der Waals surface area contributed by atoms with Crippen molar-refractivity contribution in [2.45, 2.75) is 13.5 Å². The summed E-state index contributed by atoms with van der Waals surface area (Å²) in [6, 6.07) is 14.1. The Kier molecular flexibility index (Phi) is 3.20. The molecule has 22 heavy (non-hydrogen) atoms. The van der Waals surface area contributed by atoms with Crippen molar-refractivity contribution < 1.29 is 0 Å². The van der Waals surface area contributed by atoms with Gasteiger partial charge in [-0.15, -0.1) is 11.3 Å². The first-order valence-corrected chi connectivity index (χ1v) is 8.07. The van der Waals surface area contributed by atoms with E-state index in [1.54, 1.807) is 17.5 Å². The Morgan fingerprint density at radius 2 is 1.86 bits per heavy atom. The molecule has 3 aromatic heterocycles. The monoisotopic (exact) mass is 306 g/mol. The molecule has 0 saturated heterocycles. The topological polar surface area (TPSA) is 43.6 Å². The lowest BCUT2D eigenvalue weighted by Crippen LogP contribution is -1.97. The summed E-state index contributed by atoms with van der Waals surface area (Å²) in [6.07, 6.45) is 1.79. The van der Waals surface area contributed by atoms with E-state index < -0.39 is 0 Å². The van der Waals surface area contributed by atoms with Gasteiger partial charge in [0.25, 0.3) is 0 Å². The first kappa shape index (κ1) is 13.2. The molecule has 0 fully saturated rings. The van der Waals surface area contributed by atoms with Gasteiger partial charge in [0.1, 0.15) is 10.7 Å². The van der Waals surface area contributed by atoms with Gasteiger partial charge in [-0.1, -0.05) is 18.2 Å². The van der Waals surface area contributed by atoms with E-state index in [-0.39, 0.29) is 0 Å². The number of rotatable bonds is 3. The van der Waals surface area contributed by atoms with E-state index in [9.17, 15) is 0 Å². The van der Waals surface area contributed by atoms with Gasteiger partial charge in [0.2, 0.25) is 0 Å². The van der Waals surface area contributed by atoms with Gasteiger partial charge in [0.05, 0.1) is 16.7 Å². The van der Waals surface area contributed by atoms with Gasteiger partial charge >= 0.3 is 0 Å². The highest BCUT2D eigenvalue weighted by Crippen LogP contribution is 2.29. The molecule has 0 atom stereocenters. The molecule has 5 heteroatoms. The fraction of sp³-hybridized carbons (Fsp3) is 0.118. The average Bonchev–Trinajstić information content (AvgIpc) is 3.20. The molecule has 0 N–H and O–H groups in total. The highest BCUT2D eigenvalue weighted by atomic mass is 32.1. The second-order valence-electron chi connectivity index (χ2n) is 4.92. The van der Waals surface area contributed by atoms with Crippen LogP contribution >= 0.6 is 11.3 Å². The molecule has 0 saturated carbocycles. The van der Waals surface area contributed by atoms with Gasteiger partial charge in [0, 0.05) is 18.1 Å². The first-order chi connectivity index (χ1) is 10.9. The smallest absolute Gasteiger partial charge is 0.160 e.